The Hall–Kier alpha value is -2.92. The molecule has 0 saturated heterocycles. The van der Waals surface area contributed by atoms with Gasteiger partial charge in [-0.1, -0.05) is 42.5 Å². The van der Waals surface area contributed by atoms with Crippen LogP contribution in [0.25, 0.3) is 22.2 Å². The third-order valence-electron chi connectivity index (χ3n) is 4.22. The summed E-state index contributed by atoms with van der Waals surface area (Å²) in [4.78, 5) is 16.7. The van der Waals surface area contributed by atoms with Gasteiger partial charge in [0.1, 0.15) is 5.58 Å². The minimum atomic E-state index is -0.184. The largest absolute Gasteiger partial charge is 0.451 e. The molecule has 0 fully saturated rings. The molecule has 26 heavy (non-hydrogen) atoms. The number of aryl methyl sites for hydroxylation is 1. The van der Waals surface area contributed by atoms with Crippen LogP contribution in [0.2, 0.25) is 0 Å². The van der Waals surface area contributed by atoms with Gasteiger partial charge in [-0.15, -0.1) is 11.3 Å². The highest BCUT2D eigenvalue weighted by atomic mass is 32.1. The molecule has 0 spiro atoms. The van der Waals surface area contributed by atoms with Gasteiger partial charge in [-0.25, -0.2) is 4.98 Å². The fourth-order valence-corrected chi connectivity index (χ4v) is 3.46. The Balaban J connectivity index is 1.34. The Bertz CT molecular complexity index is 1010. The van der Waals surface area contributed by atoms with E-state index in [1.807, 2.05) is 31.2 Å². The van der Waals surface area contributed by atoms with Gasteiger partial charge < -0.3 is 9.73 Å². The predicted molar refractivity (Wildman–Crippen MR) is 105 cm³/mol. The molecule has 2 aromatic heterocycles. The SMILES string of the molecule is Cc1nc(-c2ccc(CCNC(=O)c3cc4ccccc4o3)cc2)cs1. The minimum Gasteiger partial charge on any atom is -0.451 e. The lowest BCUT2D eigenvalue weighted by atomic mass is 10.1. The number of benzene rings is 2. The first-order valence-electron chi connectivity index (χ1n) is 8.47. The van der Waals surface area contributed by atoms with Crippen molar-refractivity contribution >= 4 is 28.2 Å². The number of thiazole rings is 1. The molecule has 4 rings (SSSR count). The molecule has 0 aliphatic carbocycles. The van der Waals surface area contributed by atoms with Gasteiger partial charge in [0.05, 0.1) is 10.7 Å². The molecule has 0 aliphatic heterocycles. The molecule has 1 N–H and O–H groups in total. The van der Waals surface area contributed by atoms with E-state index in [1.54, 1.807) is 17.4 Å². The van der Waals surface area contributed by atoms with Crippen LogP contribution in [-0.4, -0.2) is 17.4 Å². The van der Waals surface area contributed by atoms with Crippen LogP contribution in [0.3, 0.4) is 0 Å². The van der Waals surface area contributed by atoms with E-state index >= 15 is 0 Å². The maximum absolute atomic E-state index is 12.2. The van der Waals surface area contributed by atoms with Gasteiger partial charge in [0.25, 0.3) is 5.91 Å². The van der Waals surface area contributed by atoms with Gasteiger partial charge in [-0.2, -0.15) is 0 Å². The van der Waals surface area contributed by atoms with Crippen molar-refractivity contribution < 1.29 is 9.21 Å². The van der Waals surface area contributed by atoms with Crippen LogP contribution in [0, 0.1) is 6.92 Å². The minimum absolute atomic E-state index is 0.184. The quantitative estimate of drug-likeness (QED) is 0.553. The fourth-order valence-electron chi connectivity index (χ4n) is 2.84. The van der Waals surface area contributed by atoms with Crippen LogP contribution in [0.4, 0.5) is 0 Å². The lowest BCUT2D eigenvalue weighted by molar-refractivity contribution is 0.0928. The summed E-state index contributed by atoms with van der Waals surface area (Å²) < 4.78 is 5.58. The highest BCUT2D eigenvalue weighted by Gasteiger charge is 2.11. The zero-order valence-corrected chi connectivity index (χ0v) is 15.2. The maximum atomic E-state index is 12.2. The fraction of sp³-hybridized carbons (Fsp3) is 0.143. The van der Waals surface area contributed by atoms with E-state index in [0.717, 1.165) is 33.7 Å². The molecule has 2 heterocycles. The maximum Gasteiger partial charge on any atom is 0.287 e. The first kappa shape index (κ1) is 16.5. The van der Waals surface area contributed by atoms with Crippen molar-refractivity contribution in [2.75, 3.05) is 6.54 Å². The van der Waals surface area contributed by atoms with Crippen LogP contribution in [0.5, 0.6) is 0 Å². The van der Waals surface area contributed by atoms with Crippen LogP contribution < -0.4 is 5.32 Å². The molecule has 0 unspecified atom stereocenters. The molecule has 2 aromatic carbocycles. The van der Waals surface area contributed by atoms with Crippen molar-refractivity contribution in [3.63, 3.8) is 0 Å². The predicted octanol–water partition coefficient (Wildman–Crippen LogP) is 4.84. The summed E-state index contributed by atoms with van der Waals surface area (Å²) in [5, 5.41) is 6.98. The average molecular weight is 362 g/mol. The standard InChI is InChI=1S/C21H18N2O2S/c1-14-23-18(13-26-14)16-8-6-15(7-9-16)10-11-22-21(24)20-12-17-4-2-3-5-19(17)25-20/h2-9,12-13H,10-11H2,1H3,(H,22,24). The number of hydrogen-bond acceptors (Lipinski definition) is 4. The summed E-state index contributed by atoms with van der Waals surface area (Å²) in [5.74, 6) is 0.163. The zero-order valence-electron chi connectivity index (χ0n) is 14.4. The number of nitrogens with zero attached hydrogens (tertiary/aromatic N) is 1. The molecule has 0 aliphatic rings. The second-order valence-corrected chi connectivity index (χ2v) is 7.17. The van der Waals surface area contributed by atoms with Gasteiger partial charge in [-0.3, -0.25) is 4.79 Å². The van der Waals surface area contributed by atoms with E-state index in [4.69, 9.17) is 4.42 Å². The average Bonchev–Trinajstić information content (AvgIpc) is 3.28. The summed E-state index contributed by atoms with van der Waals surface area (Å²) in [6, 6.07) is 17.7. The van der Waals surface area contributed by atoms with E-state index in [0.29, 0.717) is 12.3 Å². The van der Waals surface area contributed by atoms with Crippen LogP contribution >= 0.6 is 11.3 Å². The number of carbonyl (C=O) groups is 1. The first-order valence-corrected chi connectivity index (χ1v) is 9.35. The topological polar surface area (TPSA) is 55.1 Å². The molecule has 0 bridgehead atoms. The number of nitrogens with one attached hydrogen (secondary N) is 1. The Morgan fingerprint density at radius 1 is 1.15 bits per heavy atom. The van der Waals surface area contributed by atoms with E-state index in [2.05, 4.69) is 39.9 Å². The Morgan fingerprint density at radius 2 is 1.96 bits per heavy atom. The number of aromatic nitrogens is 1. The first-order chi connectivity index (χ1) is 12.7. The lowest BCUT2D eigenvalue weighted by Gasteiger charge is -2.04. The summed E-state index contributed by atoms with van der Waals surface area (Å²) in [6.07, 6.45) is 0.766. The second kappa shape index (κ2) is 7.14. The third-order valence-corrected chi connectivity index (χ3v) is 4.99. The van der Waals surface area contributed by atoms with Crippen molar-refractivity contribution in [3.05, 3.63) is 76.3 Å². The molecule has 0 atom stereocenters. The van der Waals surface area contributed by atoms with Gasteiger partial charge in [0.15, 0.2) is 5.76 Å². The van der Waals surface area contributed by atoms with Gasteiger partial charge >= 0.3 is 0 Å². The van der Waals surface area contributed by atoms with E-state index in [1.165, 1.54) is 5.56 Å². The summed E-state index contributed by atoms with van der Waals surface area (Å²) in [5.41, 5.74) is 4.03. The molecule has 1 amide bonds. The summed E-state index contributed by atoms with van der Waals surface area (Å²) >= 11 is 1.65. The Labute approximate surface area is 155 Å². The lowest BCUT2D eigenvalue weighted by Crippen LogP contribution is -2.25. The molecule has 0 saturated carbocycles. The third kappa shape index (κ3) is 3.53. The molecular formula is C21H18N2O2S. The number of amides is 1. The Kier molecular flexibility index (Phi) is 4.54. The molecule has 130 valence electrons. The summed E-state index contributed by atoms with van der Waals surface area (Å²) in [7, 11) is 0. The monoisotopic (exact) mass is 362 g/mol. The molecular weight excluding hydrogens is 344 g/mol. The van der Waals surface area contributed by atoms with Gasteiger partial charge in [0, 0.05) is 22.9 Å². The smallest absolute Gasteiger partial charge is 0.287 e. The van der Waals surface area contributed by atoms with E-state index in [-0.39, 0.29) is 5.91 Å². The molecule has 4 aromatic rings. The highest BCUT2D eigenvalue weighted by molar-refractivity contribution is 7.09. The normalized spacial score (nSPS) is 11.0. The highest BCUT2D eigenvalue weighted by Crippen LogP contribution is 2.22. The van der Waals surface area contributed by atoms with Crippen LogP contribution in [-0.2, 0) is 6.42 Å². The van der Waals surface area contributed by atoms with Crippen molar-refractivity contribution in [3.8, 4) is 11.3 Å². The second-order valence-electron chi connectivity index (χ2n) is 6.10. The zero-order chi connectivity index (χ0) is 17.9. The molecule has 5 heteroatoms. The number of hydrogen-bond donors (Lipinski definition) is 1. The van der Waals surface area contributed by atoms with Crippen LogP contribution in [0.1, 0.15) is 21.1 Å². The molecule has 4 nitrogen and oxygen atoms in total. The van der Waals surface area contributed by atoms with Gasteiger partial charge in [0.2, 0.25) is 0 Å². The van der Waals surface area contributed by atoms with Crippen molar-refractivity contribution in [1.29, 1.82) is 0 Å². The van der Waals surface area contributed by atoms with Crippen LogP contribution in [0.15, 0.2) is 64.4 Å². The van der Waals surface area contributed by atoms with Crippen molar-refractivity contribution in [2.45, 2.75) is 13.3 Å². The summed E-state index contributed by atoms with van der Waals surface area (Å²) in [6.45, 7) is 2.57. The van der Waals surface area contributed by atoms with Gasteiger partial charge in [-0.05, 0) is 31.0 Å². The van der Waals surface area contributed by atoms with E-state index < -0.39 is 0 Å². The number of para-hydroxylation sites is 1. The van der Waals surface area contributed by atoms with Crippen molar-refractivity contribution in [1.82, 2.24) is 10.3 Å². The Morgan fingerprint density at radius 3 is 2.69 bits per heavy atom. The number of carbonyl (C=O) groups excluding carboxylic acids is 1. The molecule has 0 radical (unpaired) electrons. The van der Waals surface area contributed by atoms with Crippen molar-refractivity contribution in [2.24, 2.45) is 0 Å². The number of rotatable bonds is 5. The number of fused-ring (bicyclic) bond motifs is 1. The van der Waals surface area contributed by atoms with E-state index in [9.17, 15) is 4.79 Å². The number of furan rings is 1.